The largest absolute Gasteiger partial charge is 0.478 e. The first-order valence-corrected chi connectivity index (χ1v) is 7.36. The molecule has 0 aromatic heterocycles. The maximum atomic E-state index is 10.8. The lowest BCUT2D eigenvalue weighted by atomic mass is 10.1. The molecule has 0 spiro atoms. The number of rotatable bonds is 6. The second-order valence-corrected chi connectivity index (χ2v) is 5.52. The Hall–Kier alpha value is -1.78. The van der Waals surface area contributed by atoms with E-state index in [0.717, 1.165) is 17.9 Å². The minimum atomic E-state index is -0.885. The Kier molecular flexibility index (Phi) is 5.21. The second kappa shape index (κ2) is 7.12. The van der Waals surface area contributed by atoms with Crippen LogP contribution in [0.2, 0.25) is 0 Å². The molecule has 20 heavy (non-hydrogen) atoms. The van der Waals surface area contributed by atoms with E-state index in [2.05, 4.69) is 29.6 Å². The van der Waals surface area contributed by atoms with Crippen molar-refractivity contribution >= 4 is 17.7 Å². The Bertz CT molecular complexity index is 581. The quantitative estimate of drug-likeness (QED) is 0.800. The maximum absolute atomic E-state index is 10.8. The van der Waals surface area contributed by atoms with Crippen molar-refractivity contribution < 1.29 is 9.90 Å². The topological polar surface area (TPSA) is 49.3 Å². The van der Waals surface area contributed by atoms with E-state index in [4.69, 9.17) is 5.11 Å². The number of carboxylic acid groups (broad SMARTS) is 1. The van der Waals surface area contributed by atoms with Gasteiger partial charge in [-0.2, -0.15) is 0 Å². The van der Waals surface area contributed by atoms with Crippen molar-refractivity contribution in [2.75, 3.05) is 7.05 Å². The second-order valence-electron chi connectivity index (χ2n) is 4.47. The molecule has 0 bridgehead atoms. The van der Waals surface area contributed by atoms with Crippen molar-refractivity contribution in [3.8, 4) is 0 Å². The van der Waals surface area contributed by atoms with Gasteiger partial charge in [0.25, 0.3) is 0 Å². The third-order valence-electron chi connectivity index (χ3n) is 2.89. The van der Waals surface area contributed by atoms with Crippen molar-refractivity contribution in [1.82, 2.24) is 5.32 Å². The van der Waals surface area contributed by atoms with Gasteiger partial charge in [-0.1, -0.05) is 24.3 Å². The summed E-state index contributed by atoms with van der Waals surface area (Å²) in [6.45, 7) is 0.863. The van der Waals surface area contributed by atoms with Gasteiger partial charge in [0, 0.05) is 17.2 Å². The van der Waals surface area contributed by atoms with Crippen molar-refractivity contribution in [3.63, 3.8) is 0 Å². The third-order valence-corrected chi connectivity index (χ3v) is 3.95. The smallest absolute Gasteiger partial charge is 0.335 e. The minimum absolute atomic E-state index is 0.328. The summed E-state index contributed by atoms with van der Waals surface area (Å²) >= 11 is 1.75. The molecule has 0 unspecified atom stereocenters. The molecule has 0 saturated heterocycles. The van der Waals surface area contributed by atoms with E-state index < -0.39 is 5.97 Å². The molecule has 0 saturated carbocycles. The first-order chi connectivity index (χ1) is 9.69. The van der Waals surface area contributed by atoms with Gasteiger partial charge in [0.05, 0.1) is 5.56 Å². The van der Waals surface area contributed by atoms with Gasteiger partial charge < -0.3 is 10.4 Å². The highest BCUT2D eigenvalue weighted by atomic mass is 32.2. The van der Waals surface area contributed by atoms with Crippen molar-refractivity contribution in [2.24, 2.45) is 0 Å². The van der Waals surface area contributed by atoms with Crippen molar-refractivity contribution in [2.45, 2.75) is 17.2 Å². The van der Waals surface area contributed by atoms with Gasteiger partial charge in [-0.15, -0.1) is 11.8 Å². The van der Waals surface area contributed by atoms with Crippen molar-refractivity contribution in [1.29, 1.82) is 0 Å². The van der Waals surface area contributed by atoms with Gasteiger partial charge in [0.1, 0.15) is 0 Å². The number of carboxylic acids is 1. The van der Waals surface area contributed by atoms with E-state index in [0.29, 0.717) is 5.56 Å². The zero-order valence-electron chi connectivity index (χ0n) is 11.3. The molecule has 0 radical (unpaired) electrons. The standard InChI is InChI=1S/C16H17NO2S/c1-17-10-13-3-2-4-15(9-13)20-11-12-5-7-14(8-6-12)16(18)19/h2-9,17H,10-11H2,1H3,(H,18,19). The Morgan fingerprint density at radius 2 is 1.90 bits per heavy atom. The minimum Gasteiger partial charge on any atom is -0.478 e. The summed E-state index contributed by atoms with van der Waals surface area (Å²) < 4.78 is 0. The molecule has 2 N–H and O–H groups in total. The van der Waals surface area contributed by atoms with Gasteiger partial charge >= 0.3 is 5.97 Å². The molecule has 104 valence electrons. The highest BCUT2D eigenvalue weighted by molar-refractivity contribution is 7.98. The van der Waals surface area contributed by atoms with E-state index >= 15 is 0 Å². The summed E-state index contributed by atoms with van der Waals surface area (Å²) in [7, 11) is 1.93. The van der Waals surface area contributed by atoms with E-state index in [1.54, 1.807) is 23.9 Å². The first kappa shape index (κ1) is 14.6. The number of hydrogen-bond acceptors (Lipinski definition) is 3. The SMILES string of the molecule is CNCc1cccc(SCc2ccc(C(=O)O)cc2)c1. The summed E-state index contributed by atoms with van der Waals surface area (Å²) in [5.74, 6) is -0.0490. The van der Waals surface area contributed by atoms with Crippen LogP contribution in [-0.2, 0) is 12.3 Å². The molecule has 2 aromatic rings. The summed E-state index contributed by atoms with van der Waals surface area (Å²) in [6, 6.07) is 15.5. The molecular weight excluding hydrogens is 270 g/mol. The molecule has 0 fully saturated rings. The van der Waals surface area contributed by atoms with Crippen LogP contribution < -0.4 is 5.32 Å². The fraction of sp³-hybridized carbons (Fsp3) is 0.188. The summed E-state index contributed by atoms with van der Waals surface area (Å²) in [6.07, 6.45) is 0. The Labute approximate surface area is 123 Å². The average Bonchev–Trinajstić information content (AvgIpc) is 2.46. The molecule has 0 aliphatic rings. The highest BCUT2D eigenvalue weighted by Crippen LogP contribution is 2.23. The normalized spacial score (nSPS) is 10.4. The van der Waals surface area contributed by atoms with Gasteiger partial charge in [0.2, 0.25) is 0 Å². The summed E-state index contributed by atoms with van der Waals surface area (Å²) in [5.41, 5.74) is 2.72. The van der Waals surface area contributed by atoms with Crippen LogP contribution in [0.1, 0.15) is 21.5 Å². The van der Waals surface area contributed by atoms with Crippen LogP contribution in [0.3, 0.4) is 0 Å². The van der Waals surface area contributed by atoms with E-state index in [9.17, 15) is 4.79 Å². The maximum Gasteiger partial charge on any atom is 0.335 e. The van der Waals surface area contributed by atoms with Gasteiger partial charge in [0.15, 0.2) is 0 Å². The Morgan fingerprint density at radius 3 is 2.55 bits per heavy atom. The predicted molar refractivity (Wildman–Crippen MR) is 82.2 cm³/mol. The monoisotopic (exact) mass is 287 g/mol. The number of nitrogens with one attached hydrogen (secondary N) is 1. The Balaban J connectivity index is 1.97. The number of hydrogen-bond donors (Lipinski definition) is 2. The van der Waals surface area contributed by atoms with Crippen LogP contribution in [0, 0.1) is 0 Å². The van der Waals surface area contributed by atoms with E-state index in [-0.39, 0.29) is 0 Å². The molecule has 0 aliphatic carbocycles. The zero-order valence-corrected chi connectivity index (χ0v) is 12.1. The van der Waals surface area contributed by atoms with Crippen LogP contribution in [0.25, 0.3) is 0 Å². The molecule has 0 aliphatic heterocycles. The lowest BCUT2D eigenvalue weighted by molar-refractivity contribution is 0.0697. The molecule has 0 heterocycles. The van der Waals surface area contributed by atoms with Gasteiger partial charge in [-0.3, -0.25) is 0 Å². The molecule has 0 atom stereocenters. The molecule has 4 heteroatoms. The van der Waals surface area contributed by atoms with Crippen LogP contribution in [0.15, 0.2) is 53.4 Å². The lowest BCUT2D eigenvalue weighted by Gasteiger charge is -2.05. The first-order valence-electron chi connectivity index (χ1n) is 6.37. The van der Waals surface area contributed by atoms with Gasteiger partial charge in [-0.25, -0.2) is 4.79 Å². The van der Waals surface area contributed by atoms with Crippen LogP contribution in [0.4, 0.5) is 0 Å². The van der Waals surface area contributed by atoms with E-state index in [1.807, 2.05) is 19.2 Å². The zero-order chi connectivity index (χ0) is 14.4. The number of carbonyl (C=O) groups is 1. The molecule has 2 rings (SSSR count). The van der Waals surface area contributed by atoms with Crippen LogP contribution in [0.5, 0.6) is 0 Å². The molecule has 0 amide bonds. The average molecular weight is 287 g/mol. The molecule has 3 nitrogen and oxygen atoms in total. The molecular formula is C16H17NO2S. The van der Waals surface area contributed by atoms with Gasteiger partial charge in [-0.05, 0) is 42.4 Å². The summed E-state index contributed by atoms with van der Waals surface area (Å²) in [4.78, 5) is 12.0. The number of aromatic carboxylic acids is 1. The number of benzene rings is 2. The van der Waals surface area contributed by atoms with Crippen molar-refractivity contribution in [3.05, 3.63) is 65.2 Å². The number of thioether (sulfide) groups is 1. The predicted octanol–water partition coefficient (Wildman–Crippen LogP) is 3.40. The molecule has 2 aromatic carbocycles. The highest BCUT2D eigenvalue weighted by Gasteiger charge is 2.02. The Morgan fingerprint density at radius 1 is 1.15 bits per heavy atom. The van der Waals surface area contributed by atoms with E-state index in [1.165, 1.54) is 10.5 Å². The fourth-order valence-electron chi connectivity index (χ4n) is 1.86. The van der Waals surface area contributed by atoms with Crippen LogP contribution in [-0.4, -0.2) is 18.1 Å². The summed E-state index contributed by atoms with van der Waals surface area (Å²) in [5, 5.41) is 12.0. The fourth-order valence-corrected chi connectivity index (χ4v) is 2.79. The van der Waals surface area contributed by atoms with Crippen LogP contribution >= 0.6 is 11.8 Å². The third kappa shape index (κ3) is 4.11. The lowest BCUT2D eigenvalue weighted by Crippen LogP contribution is -2.04.